The number of fused-ring (bicyclic) bond motifs is 1. The predicted octanol–water partition coefficient (Wildman–Crippen LogP) is 3.82. The van der Waals surface area contributed by atoms with E-state index in [2.05, 4.69) is 26.9 Å². The Bertz CT molecular complexity index is 1120. The van der Waals surface area contributed by atoms with E-state index in [1.54, 1.807) is 0 Å². The van der Waals surface area contributed by atoms with Crippen LogP contribution in [0.25, 0.3) is 5.65 Å². The fourth-order valence-corrected chi connectivity index (χ4v) is 3.47. The number of anilines is 1. The number of aryl methyl sites for hydroxylation is 2. The van der Waals surface area contributed by atoms with Crippen molar-refractivity contribution in [2.75, 3.05) is 5.32 Å². The minimum Gasteiger partial charge on any atom is -0.324 e. The topological polar surface area (TPSA) is 71.3 Å². The molecule has 6 heteroatoms. The van der Waals surface area contributed by atoms with E-state index in [-0.39, 0.29) is 5.91 Å². The number of aromatic nitrogens is 3. The Kier molecular flexibility index (Phi) is 5.35. The van der Waals surface area contributed by atoms with Gasteiger partial charge in [-0.15, -0.1) is 10.2 Å². The van der Waals surface area contributed by atoms with Gasteiger partial charge in [0.2, 0.25) is 5.91 Å². The highest BCUT2D eigenvalue weighted by molar-refractivity contribution is 5.95. The molecule has 0 radical (unpaired) electrons. The molecule has 4 rings (SSSR count). The summed E-state index contributed by atoms with van der Waals surface area (Å²) in [4.78, 5) is 13.1. The summed E-state index contributed by atoms with van der Waals surface area (Å²) in [5, 5.41) is 14.8. The third kappa shape index (κ3) is 4.33. The molecule has 1 unspecified atom stereocenters. The zero-order chi connectivity index (χ0) is 20.2. The number of hydrogen-bond acceptors (Lipinski definition) is 4. The van der Waals surface area contributed by atoms with Crippen molar-refractivity contribution in [3.8, 4) is 0 Å². The van der Waals surface area contributed by atoms with Gasteiger partial charge >= 0.3 is 0 Å². The van der Waals surface area contributed by atoms with Crippen LogP contribution in [0.3, 0.4) is 0 Å². The molecule has 0 fully saturated rings. The highest BCUT2D eigenvalue weighted by Crippen LogP contribution is 2.19. The summed E-state index contributed by atoms with van der Waals surface area (Å²) in [6, 6.07) is 21.0. The van der Waals surface area contributed by atoms with E-state index >= 15 is 0 Å². The molecular formula is C23H23N5O. The quantitative estimate of drug-likeness (QED) is 0.529. The number of carbonyl (C=O) groups excluding carboxylic acids is 1. The standard InChI is InChI=1S/C23H23N5O/c1-16-12-17(2)14-19(13-16)25-23(29)22(18-8-4-3-5-9-18)24-15-21-27-26-20-10-6-7-11-28(20)21/h3-14,22,24H,15H2,1-2H3,(H,25,29). The van der Waals surface area contributed by atoms with Gasteiger partial charge in [0.1, 0.15) is 6.04 Å². The summed E-state index contributed by atoms with van der Waals surface area (Å²) in [7, 11) is 0. The number of rotatable bonds is 6. The van der Waals surface area contributed by atoms with Crippen LogP contribution >= 0.6 is 0 Å². The second-order valence-corrected chi connectivity index (χ2v) is 7.14. The van der Waals surface area contributed by atoms with Crippen molar-refractivity contribution in [2.24, 2.45) is 0 Å². The number of carbonyl (C=O) groups is 1. The van der Waals surface area contributed by atoms with Crippen LogP contribution in [0.4, 0.5) is 5.69 Å². The minimum absolute atomic E-state index is 0.116. The van der Waals surface area contributed by atoms with Gasteiger partial charge in [0.05, 0.1) is 6.54 Å². The lowest BCUT2D eigenvalue weighted by Gasteiger charge is -2.19. The molecule has 2 N–H and O–H groups in total. The maximum absolute atomic E-state index is 13.1. The zero-order valence-electron chi connectivity index (χ0n) is 16.5. The fourth-order valence-electron chi connectivity index (χ4n) is 3.47. The third-order valence-electron chi connectivity index (χ3n) is 4.73. The molecule has 4 aromatic rings. The number of nitrogens with zero attached hydrogens (tertiary/aromatic N) is 3. The molecule has 1 amide bonds. The third-order valence-corrected chi connectivity index (χ3v) is 4.73. The van der Waals surface area contributed by atoms with Crippen LogP contribution < -0.4 is 10.6 Å². The number of benzene rings is 2. The molecule has 2 heterocycles. The van der Waals surface area contributed by atoms with Crippen molar-refractivity contribution in [3.05, 3.63) is 95.4 Å². The van der Waals surface area contributed by atoms with E-state index in [1.165, 1.54) is 0 Å². The lowest BCUT2D eigenvalue weighted by atomic mass is 10.1. The molecule has 0 saturated carbocycles. The monoisotopic (exact) mass is 385 g/mol. The Hall–Kier alpha value is -3.51. The summed E-state index contributed by atoms with van der Waals surface area (Å²) in [6.45, 7) is 4.45. The van der Waals surface area contributed by atoms with E-state index in [9.17, 15) is 4.79 Å². The molecule has 2 aromatic heterocycles. The summed E-state index contributed by atoms with van der Waals surface area (Å²) >= 11 is 0. The van der Waals surface area contributed by atoms with Gasteiger partial charge in [-0.05, 0) is 54.8 Å². The number of hydrogen-bond donors (Lipinski definition) is 2. The molecule has 0 saturated heterocycles. The number of amides is 1. The first kappa shape index (κ1) is 18.8. The molecule has 0 aliphatic rings. The van der Waals surface area contributed by atoms with Crippen molar-refractivity contribution >= 4 is 17.2 Å². The predicted molar refractivity (Wildman–Crippen MR) is 114 cm³/mol. The van der Waals surface area contributed by atoms with Crippen molar-refractivity contribution in [1.82, 2.24) is 19.9 Å². The summed E-state index contributed by atoms with van der Waals surface area (Å²) in [5.41, 5.74) is 4.69. The number of pyridine rings is 1. The van der Waals surface area contributed by atoms with Crippen LogP contribution in [0.1, 0.15) is 28.6 Å². The van der Waals surface area contributed by atoms with Crippen molar-refractivity contribution in [1.29, 1.82) is 0 Å². The van der Waals surface area contributed by atoms with Crippen LogP contribution in [0, 0.1) is 13.8 Å². The van der Waals surface area contributed by atoms with E-state index in [4.69, 9.17) is 0 Å². The zero-order valence-corrected chi connectivity index (χ0v) is 16.5. The van der Waals surface area contributed by atoms with E-state index < -0.39 is 6.04 Å². The molecule has 146 valence electrons. The molecule has 0 aliphatic carbocycles. The Morgan fingerprint density at radius 3 is 2.45 bits per heavy atom. The molecule has 0 spiro atoms. The first-order chi connectivity index (χ1) is 14.1. The van der Waals surface area contributed by atoms with Gasteiger partial charge in [-0.25, -0.2) is 0 Å². The average Bonchev–Trinajstić information content (AvgIpc) is 3.11. The molecule has 0 aliphatic heterocycles. The van der Waals surface area contributed by atoms with Gasteiger partial charge < -0.3 is 5.32 Å². The maximum Gasteiger partial charge on any atom is 0.246 e. The first-order valence-corrected chi connectivity index (χ1v) is 9.56. The summed E-state index contributed by atoms with van der Waals surface area (Å²) in [5.74, 6) is 0.635. The van der Waals surface area contributed by atoms with Gasteiger partial charge in [0.15, 0.2) is 11.5 Å². The smallest absolute Gasteiger partial charge is 0.246 e. The van der Waals surface area contributed by atoms with Crippen molar-refractivity contribution in [3.63, 3.8) is 0 Å². The molecule has 29 heavy (non-hydrogen) atoms. The van der Waals surface area contributed by atoms with E-state index in [1.807, 2.05) is 85.1 Å². The second kappa shape index (κ2) is 8.24. The van der Waals surface area contributed by atoms with Gasteiger partial charge in [-0.3, -0.25) is 14.5 Å². The van der Waals surface area contributed by atoms with Gasteiger partial charge in [0.25, 0.3) is 0 Å². The summed E-state index contributed by atoms with van der Waals surface area (Å²) in [6.07, 6.45) is 1.92. The Morgan fingerprint density at radius 1 is 0.966 bits per heavy atom. The largest absolute Gasteiger partial charge is 0.324 e. The van der Waals surface area contributed by atoms with Crippen LogP contribution in [-0.2, 0) is 11.3 Å². The highest BCUT2D eigenvalue weighted by atomic mass is 16.2. The van der Waals surface area contributed by atoms with E-state index in [0.717, 1.165) is 33.8 Å². The fraction of sp³-hybridized carbons (Fsp3) is 0.174. The Labute approximate surface area is 169 Å². The highest BCUT2D eigenvalue weighted by Gasteiger charge is 2.21. The molecule has 0 bridgehead atoms. The minimum atomic E-state index is -0.520. The molecule has 2 aromatic carbocycles. The van der Waals surface area contributed by atoms with Gasteiger partial charge in [-0.1, -0.05) is 42.5 Å². The van der Waals surface area contributed by atoms with Crippen molar-refractivity contribution in [2.45, 2.75) is 26.4 Å². The normalized spacial score (nSPS) is 12.1. The second-order valence-electron chi connectivity index (χ2n) is 7.14. The SMILES string of the molecule is Cc1cc(C)cc(NC(=O)C(NCc2nnc3ccccn23)c2ccccc2)c1. The maximum atomic E-state index is 13.1. The van der Waals surface area contributed by atoms with Gasteiger partial charge in [-0.2, -0.15) is 0 Å². The van der Waals surface area contributed by atoms with E-state index in [0.29, 0.717) is 6.54 Å². The summed E-state index contributed by atoms with van der Waals surface area (Å²) < 4.78 is 1.91. The van der Waals surface area contributed by atoms with Crippen LogP contribution in [0.5, 0.6) is 0 Å². The number of nitrogens with one attached hydrogen (secondary N) is 2. The lowest BCUT2D eigenvalue weighted by molar-refractivity contribution is -0.118. The lowest BCUT2D eigenvalue weighted by Crippen LogP contribution is -2.33. The molecule has 1 atom stereocenters. The average molecular weight is 385 g/mol. The van der Waals surface area contributed by atoms with Crippen LogP contribution in [-0.4, -0.2) is 20.5 Å². The first-order valence-electron chi connectivity index (χ1n) is 9.56. The van der Waals surface area contributed by atoms with Crippen LogP contribution in [0.2, 0.25) is 0 Å². The Balaban J connectivity index is 1.57. The molecular weight excluding hydrogens is 362 g/mol. The van der Waals surface area contributed by atoms with Crippen molar-refractivity contribution < 1.29 is 4.79 Å². The Morgan fingerprint density at radius 2 is 1.69 bits per heavy atom. The molecule has 6 nitrogen and oxygen atoms in total. The van der Waals surface area contributed by atoms with Crippen LogP contribution in [0.15, 0.2) is 72.9 Å². The van der Waals surface area contributed by atoms with Gasteiger partial charge in [0, 0.05) is 11.9 Å².